The summed E-state index contributed by atoms with van der Waals surface area (Å²) >= 11 is 5.87. The minimum absolute atomic E-state index is 0.0165. The SMILES string of the molecule is O=c1[nH]nc([C@]2(Cc3cncc(Nc4cc[nH]n4)n3)CC[C@@H](Oc3cccc(Cl)c3F)CC2)o1. The number of aromatic nitrogens is 6. The number of hydrogen-bond acceptors (Lipinski definition) is 8. The molecule has 1 saturated carbocycles. The molecule has 0 bridgehead atoms. The molecule has 1 aliphatic carbocycles. The Labute approximate surface area is 197 Å². The first-order valence-corrected chi connectivity index (χ1v) is 11.1. The maximum atomic E-state index is 14.3. The number of ether oxygens (including phenoxy) is 1. The fourth-order valence-corrected chi connectivity index (χ4v) is 4.46. The standard InChI is InChI=1S/C22H21ClFN7O3/c23-15-2-1-3-16(19(15)24)33-14-4-7-22(8-5-14,20-30-31-21(32)34-20)10-13-11-25-12-18(27-13)28-17-6-9-26-29-17/h1-3,6,9,11-12,14H,4-5,7-8,10H2,(H,31,32)(H2,26,27,28,29)/t14-,22-. The highest BCUT2D eigenvalue weighted by Gasteiger charge is 2.42. The minimum Gasteiger partial charge on any atom is -0.487 e. The normalized spacial score (nSPS) is 20.2. The molecule has 34 heavy (non-hydrogen) atoms. The zero-order chi connectivity index (χ0) is 23.5. The van der Waals surface area contributed by atoms with Gasteiger partial charge in [-0.2, -0.15) is 5.10 Å². The van der Waals surface area contributed by atoms with E-state index in [1.54, 1.807) is 36.8 Å². The summed E-state index contributed by atoms with van der Waals surface area (Å²) in [5.74, 6) is 0.406. The van der Waals surface area contributed by atoms with Gasteiger partial charge in [-0.1, -0.05) is 17.7 Å². The lowest BCUT2D eigenvalue weighted by Gasteiger charge is -2.37. The molecule has 0 radical (unpaired) electrons. The van der Waals surface area contributed by atoms with Crippen LogP contribution in [0.2, 0.25) is 5.02 Å². The van der Waals surface area contributed by atoms with Crippen LogP contribution in [-0.4, -0.2) is 36.5 Å². The van der Waals surface area contributed by atoms with Crippen LogP contribution >= 0.6 is 11.6 Å². The molecule has 3 N–H and O–H groups in total. The Morgan fingerprint density at radius 2 is 2.06 bits per heavy atom. The summed E-state index contributed by atoms with van der Waals surface area (Å²) in [6.45, 7) is 0. The second kappa shape index (κ2) is 9.26. The zero-order valence-electron chi connectivity index (χ0n) is 17.9. The van der Waals surface area contributed by atoms with E-state index >= 15 is 0 Å². The quantitative estimate of drug-likeness (QED) is 0.358. The van der Waals surface area contributed by atoms with E-state index in [4.69, 9.17) is 20.8 Å². The molecule has 0 amide bonds. The Morgan fingerprint density at radius 3 is 2.79 bits per heavy atom. The number of halogens is 2. The average Bonchev–Trinajstić information content (AvgIpc) is 3.51. The van der Waals surface area contributed by atoms with Gasteiger partial charge in [-0.05, 0) is 37.8 Å². The van der Waals surface area contributed by atoms with Crippen LogP contribution in [-0.2, 0) is 11.8 Å². The first-order chi connectivity index (χ1) is 16.5. The van der Waals surface area contributed by atoms with Crippen LogP contribution in [0.4, 0.5) is 16.0 Å². The maximum absolute atomic E-state index is 14.3. The fourth-order valence-electron chi connectivity index (χ4n) is 4.30. The maximum Gasteiger partial charge on any atom is 0.434 e. The summed E-state index contributed by atoms with van der Waals surface area (Å²) in [6, 6.07) is 6.46. The van der Waals surface area contributed by atoms with Gasteiger partial charge in [0.15, 0.2) is 17.4 Å². The molecule has 3 aromatic heterocycles. The van der Waals surface area contributed by atoms with Crippen LogP contribution in [0, 0.1) is 5.82 Å². The van der Waals surface area contributed by atoms with Gasteiger partial charge in [-0.25, -0.2) is 19.3 Å². The van der Waals surface area contributed by atoms with Gasteiger partial charge in [0.2, 0.25) is 5.89 Å². The first kappa shape index (κ1) is 22.1. The topological polar surface area (TPSA) is 135 Å². The third kappa shape index (κ3) is 4.65. The number of rotatable bonds is 7. The Balaban J connectivity index is 1.35. The van der Waals surface area contributed by atoms with Crippen molar-refractivity contribution >= 4 is 23.2 Å². The molecule has 12 heteroatoms. The van der Waals surface area contributed by atoms with E-state index in [9.17, 15) is 9.18 Å². The van der Waals surface area contributed by atoms with E-state index in [0.717, 1.165) is 0 Å². The number of hydrogen-bond donors (Lipinski definition) is 3. The molecular formula is C22H21ClFN7O3. The van der Waals surface area contributed by atoms with E-state index < -0.39 is 17.0 Å². The highest BCUT2D eigenvalue weighted by atomic mass is 35.5. The zero-order valence-corrected chi connectivity index (χ0v) is 18.7. The van der Waals surface area contributed by atoms with E-state index in [-0.39, 0.29) is 16.9 Å². The smallest absolute Gasteiger partial charge is 0.434 e. The van der Waals surface area contributed by atoms with Gasteiger partial charge >= 0.3 is 5.76 Å². The highest BCUT2D eigenvalue weighted by molar-refractivity contribution is 6.30. The van der Waals surface area contributed by atoms with Crippen molar-refractivity contribution in [2.75, 3.05) is 5.32 Å². The third-order valence-electron chi connectivity index (χ3n) is 5.95. The van der Waals surface area contributed by atoms with Crippen LogP contribution in [0.15, 0.2) is 52.1 Å². The molecule has 0 atom stereocenters. The van der Waals surface area contributed by atoms with Gasteiger partial charge in [0.05, 0.1) is 28.4 Å². The van der Waals surface area contributed by atoms with Crippen LogP contribution < -0.4 is 15.8 Å². The Kier molecular flexibility index (Phi) is 6.01. The van der Waals surface area contributed by atoms with Gasteiger partial charge in [0.1, 0.15) is 5.82 Å². The number of nitrogens with one attached hydrogen (secondary N) is 3. The molecule has 5 rings (SSSR count). The number of benzene rings is 1. The second-order valence-corrected chi connectivity index (χ2v) is 8.63. The summed E-state index contributed by atoms with van der Waals surface area (Å²) < 4.78 is 25.6. The molecule has 3 heterocycles. The lowest BCUT2D eigenvalue weighted by atomic mass is 9.70. The van der Waals surface area contributed by atoms with Crippen molar-refractivity contribution in [1.29, 1.82) is 0 Å². The van der Waals surface area contributed by atoms with E-state index in [1.165, 1.54) is 6.07 Å². The highest BCUT2D eigenvalue weighted by Crippen LogP contribution is 2.42. The van der Waals surface area contributed by atoms with Crippen molar-refractivity contribution in [3.63, 3.8) is 0 Å². The van der Waals surface area contributed by atoms with Crippen LogP contribution in [0.25, 0.3) is 0 Å². The number of nitrogens with zero attached hydrogens (tertiary/aromatic N) is 4. The predicted molar refractivity (Wildman–Crippen MR) is 121 cm³/mol. The monoisotopic (exact) mass is 485 g/mol. The molecule has 176 valence electrons. The summed E-state index contributed by atoms with van der Waals surface area (Å²) in [7, 11) is 0. The second-order valence-electron chi connectivity index (χ2n) is 8.22. The molecule has 0 saturated heterocycles. The van der Waals surface area contributed by atoms with E-state index in [1.807, 2.05) is 0 Å². The molecule has 1 aliphatic rings. The summed E-state index contributed by atoms with van der Waals surface area (Å²) in [6.07, 6.45) is 7.58. The van der Waals surface area contributed by atoms with Crippen molar-refractivity contribution in [3.05, 3.63) is 75.8 Å². The van der Waals surface area contributed by atoms with E-state index in [0.29, 0.717) is 55.3 Å². The third-order valence-corrected chi connectivity index (χ3v) is 6.24. The molecule has 4 aromatic rings. The van der Waals surface area contributed by atoms with Crippen molar-refractivity contribution < 1.29 is 13.5 Å². The Bertz CT molecular complexity index is 1320. The van der Waals surface area contributed by atoms with Crippen LogP contribution in [0.5, 0.6) is 5.75 Å². The number of anilines is 2. The number of aromatic amines is 2. The first-order valence-electron chi connectivity index (χ1n) is 10.8. The molecule has 10 nitrogen and oxygen atoms in total. The summed E-state index contributed by atoms with van der Waals surface area (Å²) in [5.41, 5.74) is 0.109. The molecule has 0 aliphatic heterocycles. The molecule has 0 spiro atoms. The van der Waals surface area contributed by atoms with Crippen molar-refractivity contribution in [2.45, 2.75) is 43.6 Å². The molecular weight excluding hydrogens is 465 g/mol. The van der Waals surface area contributed by atoms with Gasteiger partial charge in [-0.15, -0.1) is 5.10 Å². The minimum atomic E-state index is -0.617. The molecule has 1 fully saturated rings. The van der Waals surface area contributed by atoms with Gasteiger partial charge in [0.25, 0.3) is 0 Å². The molecule has 1 aromatic carbocycles. The number of H-pyrrole nitrogens is 2. The lowest BCUT2D eigenvalue weighted by molar-refractivity contribution is 0.0989. The van der Waals surface area contributed by atoms with Crippen molar-refractivity contribution in [2.24, 2.45) is 0 Å². The van der Waals surface area contributed by atoms with Crippen molar-refractivity contribution in [3.8, 4) is 5.75 Å². The molecule has 0 unspecified atom stereocenters. The van der Waals surface area contributed by atoms with Gasteiger partial charge < -0.3 is 14.5 Å². The van der Waals surface area contributed by atoms with Crippen LogP contribution in [0.1, 0.15) is 37.3 Å². The van der Waals surface area contributed by atoms with Crippen LogP contribution in [0.3, 0.4) is 0 Å². The van der Waals surface area contributed by atoms with Gasteiger partial charge in [0, 0.05) is 24.9 Å². The largest absolute Gasteiger partial charge is 0.487 e. The van der Waals surface area contributed by atoms with Gasteiger partial charge in [-0.3, -0.25) is 10.1 Å². The summed E-state index contributed by atoms with van der Waals surface area (Å²) in [4.78, 5) is 20.7. The Hall–Kier alpha value is -3.73. The Morgan fingerprint density at radius 1 is 1.21 bits per heavy atom. The predicted octanol–water partition coefficient (Wildman–Crippen LogP) is 3.91. The average molecular weight is 486 g/mol. The lowest BCUT2D eigenvalue weighted by Crippen LogP contribution is -2.38. The fraction of sp³-hybridized carbons (Fsp3) is 0.318. The van der Waals surface area contributed by atoms with E-state index in [2.05, 4.69) is 35.7 Å². The summed E-state index contributed by atoms with van der Waals surface area (Å²) in [5, 5.41) is 16.4. The van der Waals surface area contributed by atoms with Crippen molar-refractivity contribution in [1.82, 2.24) is 30.4 Å².